The lowest BCUT2D eigenvalue weighted by molar-refractivity contribution is 0.101. The van der Waals surface area contributed by atoms with E-state index in [1.54, 1.807) is 24.3 Å². The van der Waals surface area contributed by atoms with Crippen LogP contribution in [0.25, 0.3) is 11.0 Å². The third kappa shape index (κ3) is 2.28. The van der Waals surface area contributed by atoms with Crippen LogP contribution in [0.4, 0.5) is 0 Å². The predicted octanol–water partition coefficient (Wildman–Crippen LogP) is 2.47. The van der Waals surface area contributed by atoms with Gasteiger partial charge in [0.05, 0.1) is 0 Å². The first-order valence-electron chi connectivity index (χ1n) is 5.61. The maximum absolute atomic E-state index is 12.0. The first kappa shape index (κ1) is 11.7. The van der Waals surface area contributed by atoms with E-state index < -0.39 is 0 Å². The van der Waals surface area contributed by atoms with Gasteiger partial charge in [-0.25, -0.2) is 5.43 Å². The van der Waals surface area contributed by atoms with Crippen LogP contribution < -0.4 is 5.43 Å². The van der Waals surface area contributed by atoms with E-state index in [9.17, 15) is 4.79 Å². The average molecular weight is 273 g/mol. The van der Waals surface area contributed by atoms with Gasteiger partial charge in [0.25, 0.3) is 5.91 Å². The molecule has 0 saturated carbocycles. The summed E-state index contributed by atoms with van der Waals surface area (Å²) in [5, 5.41) is 8.35. The monoisotopic (exact) mass is 272 g/mol. The lowest BCUT2D eigenvalue weighted by Crippen LogP contribution is -2.23. The van der Waals surface area contributed by atoms with Crippen molar-refractivity contribution in [3.05, 3.63) is 59.1 Å². The van der Waals surface area contributed by atoms with Crippen LogP contribution in [0.2, 0.25) is 5.02 Å². The molecule has 1 heterocycles. The number of rotatable bonds is 2. The second-order valence-electron chi connectivity index (χ2n) is 3.94. The Morgan fingerprint density at radius 2 is 2.00 bits per heavy atom. The summed E-state index contributed by atoms with van der Waals surface area (Å²) in [7, 11) is 0. The minimum atomic E-state index is -0.293. The highest BCUT2D eigenvalue weighted by molar-refractivity contribution is 6.31. The van der Waals surface area contributed by atoms with Crippen molar-refractivity contribution < 1.29 is 4.79 Å². The standard InChI is InChI=1S/C13H9ClN4O/c14-10-5-3-4-9(8-10)13(19)16-18-12-7-2-1-6-11(12)15-17-18/h1-8H,(H,16,19). The normalized spacial score (nSPS) is 10.6. The third-order valence-electron chi connectivity index (χ3n) is 2.65. The van der Waals surface area contributed by atoms with E-state index in [0.717, 1.165) is 5.52 Å². The highest BCUT2D eigenvalue weighted by atomic mass is 35.5. The Hall–Kier alpha value is -2.40. The number of para-hydroxylation sites is 1. The van der Waals surface area contributed by atoms with Gasteiger partial charge in [-0.1, -0.05) is 29.8 Å². The van der Waals surface area contributed by atoms with Crippen LogP contribution in [0.15, 0.2) is 48.5 Å². The van der Waals surface area contributed by atoms with Gasteiger partial charge in [0, 0.05) is 10.6 Å². The van der Waals surface area contributed by atoms with Crippen LogP contribution in [-0.4, -0.2) is 21.0 Å². The maximum Gasteiger partial charge on any atom is 0.271 e. The minimum absolute atomic E-state index is 0.293. The van der Waals surface area contributed by atoms with Crippen LogP contribution in [0.5, 0.6) is 0 Å². The van der Waals surface area contributed by atoms with Gasteiger partial charge in [-0.2, -0.15) is 4.79 Å². The number of carbonyl (C=O) groups excluding carboxylic acids is 1. The zero-order valence-electron chi connectivity index (χ0n) is 9.75. The summed E-state index contributed by atoms with van der Waals surface area (Å²) >= 11 is 5.85. The quantitative estimate of drug-likeness (QED) is 0.780. The topological polar surface area (TPSA) is 59.8 Å². The fourth-order valence-electron chi connectivity index (χ4n) is 1.74. The van der Waals surface area contributed by atoms with Crippen molar-refractivity contribution in [3.63, 3.8) is 0 Å². The molecule has 0 aliphatic carbocycles. The second-order valence-corrected chi connectivity index (χ2v) is 4.38. The Morgan fingerprint density at radius 3 is 2.84 bits per heavy atom. The minimum Gasteiger partial charge on any atom is -0.267 e. The van der Waals surface area contributed by atoms with Gasteiger partial charge >= 0.3 is 0 Å². The highest BCUT2D eigenvalue weighted by Gasteiger charge is 2.09. The summed E-state index contributed by atoms with van der Waals surface area (Å²) in [6, 6.07) is 14.1. The molecule has 0 unspecified atom stereocenters. The molecular formula is C13H9ClN4O. The first-order valence-corrected chi connectivity index (χ1v) is 5.99. The molecule has 0 atom stereocenters. The number of amides is 1. The summed E-state index contributed by atoms with van der Waals surface area (Å²) in [6.45, 7) is 0. The van der Waals surface area contributed by atoms with E-state index in [4.69, 9.17) is 11.6 Å². The number of aromatic nitrogens is 3. The zero-order chi connectivity index (χ0) is 13.2. The van der Waals surface area contributed by atoms with E-state index in [2.05, 4.69) is 15.7 Å². The molecule has 0 aliphatic heterocycles. The van der Waals surface area contributed by atoms with Crippen LogP contribution in [0.1, 0.15) is 10.4 Å². The fraction of sp³-hybridized carbons (Fsp3) is 0. The second kappa shape index (κ2) is 4.70. The molecule has 3 aromatic rings. The van der Waals surface area contributed by atoms with Gasteiger partial charge in [-0.15, -0.1) is 5.10 Å². The largest absolute Gasteiger partial charge is 0.271 e. The molecular weight excluding hydrogens is 264 g/mol. The summed E-state index contributed by atoms with van der Waals surface area (Å²) in [5.74, 6) is -0.293. The molecule has 19 heavy (non-hydrogen) atoms. The molecule has 0 bridgehead atoms. The number of fused-ring (bicyclic) bond motifs is 1. The Bertz CT molecular complexity index is 753. The SMILES string of the molecule is O=C(Nn1nnc2ccccc21)c1cccc(Cl)c1. The molecule has 2 aromatic carbocycles. The number of nitrogens with zero attached hydrogens (tertiary/aromatic N) is 3. The van der Waals surface area contributed by atoms with Gasteiger partial charge < -0.3 is 0 Å². The van der Waals surface area contributed by atoms with Crippen LogP contribution in [0.3, 0.4) is 0 Å². The summed E-state index contributed by atoms with van der Waals surface area (Å²) < 4.78 is 0. The van der Waals surface area contributed by atoms with Crippen molar-refractivity contribution in [1.82, 2.24) is 15.1 Å². The van der Waals surface area contributed by atoms with Gasteiger partial charge in [0.15, 0.2) is 0 Å². The summed E-state index contributed by atoms with van der Waals surface area (Å²) in [4.78, 5) is 13.4. The van der Waals surface area contributed by atoms with E-state index in [1.165, 1.54) is 4.79 Å². The maximum atomic E-state index is 12.0. The fourth-order valence-corrected chi connectivity index (χ4v) is 1.93. The van der Waals surface area contributed by atoms with E-state index >= 15 is 0 Å². The van der Waals surface area contributed by atoms with Crippen LogP contribution >= 0.6 is 11.6 Å². The van der Waals surface area contributed by atoms with Crippen molar-refractivity contribution in [1.29, 1.82) is 0 Å². The lowest BCUT2D eigenvalue weighted by Gasteiger charge is -2.05. The lowest BCUT2D eigenvalue weighted by atomic mass is 10.2. The number of halogens is 1. The third-order valence-corrected chi connectivity index (χ3v) is 2.88. The molecule has 1 amide bonds. The number of hydrogen-bond acceptors (Lipinski definition) is 3. The molecule has 1 N–H and O–H groups in total. The van der Waals surface area contributed by atoms with E-state index in [0.29, 0.717) is 16.1 Å². The number of benzene rings is 2. The Morgan fingerprint density at radius 1 is 1.16 bits per heavy atom. The Balaban J connectivity index is 1.91. The van der Waals surface area contributed by atoms with Crippen molar-refractivity contribution in [2.24, 2.45) is 0 Å². The van der Waals surface area contributed by atoms with E-state index in [1.807, 2.05) is 24.3 Å². The van der Waals surface area contributed by atoms with Crippen molar-refractivity contribution in [3.8, 4) is 0 Å². The van der Waals surface area contributed by atoms with Crippen LogP contribution in [-0.2, 0) is 0 Å². The Kier molecular flexibility index (Phi) is 2.89. The predicted molar refractivity (Wildman–Crippen MR) is 72.7 cm³/mol. The molecule has 5 nitrogen and oxygen atoms in total. The van der Waals surface area contributed by atoms with Gasteiger partial charge in [-0.3, -0.25) is 4.79 Å². The molecule has 6 heteroatoms. The van der Waals surface area contributed by atoms with Gasteiger partial charge in [-0.05, 0) is 35.5 Å². The van der Waals surface area contributed by atoms with Crippen molar-refractivity contribution in [2.45, 2.75) is 0 Å². The van der Waals surface area contributed by atoms with Crippen LogP contribution in [0, 0.1) is 0 Å². The molecule has 0 fully saturated rings. The summed E-state index contributed by atoms with van der Waals surface area (Å²) in [5.41, 5.74) is 4.57. The highest BCUT2D eigenvalue weighted by Crippen LogP contribution is 2.12. The average Bonchev–Trinajstić information content (AvgIpc) is 2.82. The molecule has 94 valence electrons. The molecule has 0 spiro atoms. The number of hydrogen-bond donors (Lipinski definition) is 1. The molecule has 3 rings (SSSR count). The van der Waals surface area contributed by atoms with Gasteiger partial charge in [0.2, 0.25) is 0 Å². The zero-order valence-corrected chi connectivity index (χ0v) is 10.5. The van der Waals surface area contributed by atoms with Gasteiger partial charge in [0.1, 0.15) is 11.0 Å². The van der Waals surface area contributed by atoms with E-state index in [-0.39, 0.29) is 5.91 Å². The molecule has 0 saturated heterocycles. The van der Waals surface area contributed by atoms with Crippen molar-refractivity contribution in [2.75, 3.05) is 5.43 Å². The first-order chi connectivity index (χ1) is 9.24. The van der Waals surface area contributed by atoms with Crippen molar-refractivity contribution >= 4 is 28.5 Å². The summed E-state index contributed by atoms with van der Waals surface area (Å²) in [6.07, 6.45) is 0. The molecule has 1 aromatic heterocycles. The molecule has 0 radical (unpaired) electrons. The smallest absolute Gasteiger partial charge is 0.267 e. The molecule has 0 aliphatic rings. The number of nitrogens with one attached hydrogen (secondary N) is 1. The number of carbonyl (C=O) groups is 1. The Labute approximate surface area is 113 Å².